The molecule has 0 saturated carbocycles. The van der Waals surface area contributed by atoms with Gasteiger partial charge in [-0.05, 0) is 49.2 Å². The van der Waals surface area contributed by atoms with Crippen LogP contribution in [0.3, 0.4) is 0 Å². The summed E-state index contributed by atoms with van der Waals surface area (Å²) in [7, 11) is 1.62. The Hall–Kier alpha value is -3.78. The van der Waals surface area contributed by atoms with E-state index in [0.717, 1.165) is 11.1 Å². The SMILES string of the molecule is CN1C(=O)C(NC(O)n2cc(Cc3ccc(F)nc3)cn2)COc2ccc(C#CC(C)(C)O)cc21. The van der Waals surface area contributed by atoms with E-state index in [9.17, 15) is 19.4 Å². The molecule has 3 heterocycles. The fourth-order valence-electron chi connectivity index (χ4n) is 3.53. The van der Waals surface area contributed by atoms with Gasteiger partial charge >= 0.3 is 0 Å². The first-order chi connectivity index (χ1) is 16.6. The van der Waals surface area contributed by atoms with Gasteiger partial charge in [-0.15, -0.1) is 0 Å². The molecule has 2 atom stereocenters. The van der Waals surface area contributed by atoms with Gasteiger partial charge in [0.15, 0.2) is 0 Å². The molecule has 1 aliphatic heterocycles. The van der Waals surface area contributed by atoms with Crippen LogP contribution in [0.25, 0.3) is 0 Å². The normalized spacial score (nSPS) is 16.6. The molecule has 2 unspecified atom stereocenters. The van der Waals surface area contributed by atoms with Crippen LogP contribution in [0.2, 0.25) is 0 Å². The number of amides is 1. The monoisotopic (exact) mass is 479 g/mol. The number of aliphatic hydroxyl groups is 2. The van der Waals surface area contributed by atoms with Gasteiger partial charge in [0.1, 0.15) is 24.0 Å². The van der Waals surface area contributed by atoms with Crippen molar-refractivity contribution in [3.63, 3.8) is 0 Å². The van der Waals surface area contributed by atoms with Crippen molar-refractivity contribution < 1.29 is 24.1 Å². The van der Waals surface area contributed by atoms with Gasteiger partial charge in [0.05, 0.1) is 11.9 Å². The highest BCUT2D eigenvalue weighted by Gasteiger charge is 2.31. The highest BCUT2D eigenvalue weighted by molar-refractivity contribution is 5.99. The molecular formula is C25H26FN5O4. The van der Waals surface area contributed by atoms with Crippen molar-refractivity contribution in [2.45, 2.75) is 38.3 Å². The fourth-order valence-corrected chi connectivity index (χ4v) is 3.53. The van der Waals surface area contributed by atoms with E-state index >= 15 is 0 Å². The number of aliphatic hydroxyl groups excluding tert-OH is 1. The molecule has 3 N–H and O–H groups in total. The van der Waals surface area contributed by atoms with Crippen LogP contribution in [0.1, 0.15) is 36.9 Å². The van der Waals surface area contributed by atoms with E-state index in [1.165, 1.54) is 21.8 Å². The van der Waals surface area contributed by atoms with E-state index in [1.807, 2.05) is 0 Å². The maximum Gasteiger partial charge on any atom is 0.247 e. The Morgan fingerprint density at radius 2 is 2.09 bits per heavy atom. The number of likely N-dealkylation sites (N-methyl/N-ethyl adjacent to an activating group) is 1. The molecule has 2 aromatic heterocycles. The lowest BCUT2D eigenvalue weighted by Crippen LogP contribution is -2.49. The number of aromatic nitrogens is 3. The number of nitrogens with zero attached hydrogens (tertiary/aromatic N) is 4. The van der Waals surface area contributed by atoms with E-state index in [2.05, 4.69) is 27.2 Å². The average molecular weight is 480 g/mol. The number of carbonyl (C=O) groups excluding carboxylic acids is 1. The molecule has 1 aliphatic rings. The van der Waals surface area contributed by atoms with Crippen molar-refractivity contribution in [3.05, 3.63) is 71.6 Å². The number of rotatable bonds is 5. The first-order valence-electron chi connectivity index (χ1n) is 11.0. The molecule has 1 aromatic carbocycles. The maximum absolute atomic E-state index is 13.1. The van der Waals surface area contributed by atoms with Gasteiger partial charge in [-0.25, -0.2) is 9.67 Å². The molecule has 0 radical (unpaired) electrons. The topological polar surface area (TPSA) is 113 Å². The molecule has 9 nitrogen and oxygen atoms in total. The number of fused-ring (bicyclic) bond motifs is 1. The number of hydrogen-bond donors (Lipinski definition) is 3. The first-order valence-corrected chi connectivity index (χ1v) is 11.0. The minimum atomic E-state index is -1.28. The number of anilines is 1. The summed E-state index contributed by atoms with van der Waals surface area (Å²) >= 11 is 0. The second-order valence-corrected chi connectivity index (χ2v) is 8.79. The summed E-state index contributed by atoms with van der Waals surface area (Å²) in [6, 6.07) is 7.25. The van der Waals surface area contributed by atoms with Crippen LogP contribution < -0.4 is 15.0 Å². The quantitative estimate of drug-likeness (QED) is 0.289. The van der Waals surface area contributed by atoms with Crippen LogP contribution in [0.5, 0.6) is 5.75 Å². The summed E-state index contributed by atoms with van der Waals surface area (Å²) in [5, 5.41) is 27.5. The Kier molecular flexibility index (Phi) is 6.84. The molecule has 0 aliphatic carbocycles. The van der Waals surface area contributed by atoms with E-state index in [1.54, 1.807) is 57.6 Å². The number of halogens is 1. The number of ether oxygens (including phenoxy) is 1. The third kappa shape index (κ3) is 6.02. The number of carbonyl (C=O) groups is 1. The lowest BCUT2D eigenvalue weighted by Gasteiger charge is -2.23. The predicted molar refractivity (Wildman–Crippen MR) is 126 cm³/mol. The van der Waals surface area contributed by atoms with Crippen LogP contribution in [0.15, 0.2) is 48.9 Å². The summed E-state index contributed by atoms with van der Waals surface area (Å²) in [6.07, 6.45) is 3.84. The van der Waals surface area contributed by atoms with Crippen molar-refractivity contribution in [1.29, 1.82) is 0 Å². The van der Waals surface area contributed by atoms with E-state index in [4.69, 9.17) is 4.74 Å². The minimum absolute atomic E-state index is 0.00267. The Morgan fingerprint density at radius 3 is 2.80 bits per heavy atom. The molecule has 35 heavy (non-hydrogen) atoms. The number of benzene rings is 1. The predicted octanol–water partition coefficient (Wildman–Crippen LogP) is 1.59. The summed E-state index contributed by atoms with van der Waals surface area (Å²) in [4.78, 5) is 18.2. The highest BCUT2D eigenvalue weighted by Crippen LogP contribution is 2.31. The van der Waals surface area contributed by atoms with Crippen LogP contribution >= 0.6 is 0 Å². The second kappa shape index (κ2) is 9.84. The molecule has 1 amide bonds. The Balaban J connectivity index is 1.44. The van der Waals surface area contributed by atoms with E-state index in [-0.39, 0.29) is 12.5 Å². The van der Waals surface area contributed by atoms with Gasteiger partial charge in [0.25, 0.3) is 0 Å². The van der Waals surface area contributed by atoms with Crippen LogP contribution in [-0.2, 0) is 11.2 Å². The zero-order chi connectivity index (χ0) is 25.2. The number of pyridine rings is 1. The highest BCUT2D eigenvalue weighted by atomic mass is 19.1. The third-order valence-electron chi connectivity index (χ3n) is 5.32. The molecule has 0 saturated heterocycles. The maximum atomic E-state index is 13.1. The Morgan fingerprint density at radius 1 is 1.29 bits per heavy atom. The van der Waals surface area contributed by atoms with Gasteiger partial charge in [0, 0.05) is 31.4 Å². The Labute approximate surface area is 202 Å². The zero-order valence-corrected chi connectivity index (χ0v) is 19.6. The molecule has 0 fully saturated rings. The van der Waals surface area contributed by atoms with Crippen LogP contribution in [0, 0.1) is 17.8 Å². The van der Waals surface area contributed by atoms with Gasteiger partial charge in [0.2, 0.25) is 18.2 Å². The smallest absolute Gasteiger partial charge is 0.247 e. The van der Waals surface area contributed by atoms with Crippen LogP contribution in [0.4, 0.5) is 10.1 Å². The standard InChI is InChI=1S/C25H26FN5O4/c1-25(2,34)9-8-16-4-6-21-20(11-16)30(3)23(32)19(15-35-21)29-24(33)31-14-18(13-28-31)10-17-5-7-22(26)27-12-17/h4-7,11-14,19,24,29,33-34H,10,15H2,1-3H3. The summed E-state index contributed by atoms with van der Waals surface area (Å²) in [6.45, 7) is 3.18. The molecule has 4 rings (SSSR count). The summed E-state index contributed by atoms with van der Waals surface area (Å²) in [5.74, 6) is 5.29. The van der Waals surface area contributed by atoms with Crippen molar-refractivity contribution in [1.82, 2.24) is 20.1 Å². The van der Waals surface area contributed by atoms with Crippen molar-refractivity contribution in [2.24, 2.45) is 0 Å². The number of nitrogens with one attached hydrogen (secondary N) is 1. The second-order valence-electron chi connectivity index (χ2n) is 8.79. The lowest BCUT2D eigenvalue weighted by atomic mass is 10.1. The number of hydrogen-bond acceptors (Lipinski definition) is 7. The molecule has 3 aromatic rings. The third-order valence-corrected chi connectivity index (χ3v) is 5.32. The minimum Gasteiger partial charge on any atom is -0.489 e. The summed E-state index contributed by atoms with van der Waals surface area (Å²) in [5.41, 5.74) is 1.60. The van der Waals surface area contributed by atoms with E-state index < -0.39 is 23.9 Å². The zero-order valence-electron chi connectivity index (χ0n) is 19.6. The Bertz CT molecular complexity index is 1270. The van der Waals surface area contributed by atoms with Crippen LogP contribution in [-0.4, -0.2) is 56.2 Å². The summed E-state index contributed by atoms with van der Waals surface area (Å²) < 4.78 is 20.1. The molecule has 0 spiro atoms. The van der Waals surface area contributed by atoms with Crippen molar-refractivity contribution >= 4 is 11.6 Å². The molecule has 182 valence electrons. The lowest BCUT2D eigenvalue weighted by molar-refractivity contribution is -0.122. The molecular weight excluding hydrogens is 453 g/mol. The van der Waals surface area contributed by atoms with Crippen molar-refractivity contribution in [2.75, 3.05) is 18.6 Å². The molecule has 0 bridgehead atoms. The largest absolute Gasteiger partial charge is 0.489 e. The van der Waals surface area contributed by atoms with Gasteiger partial charge in [-0.1, -0.05) is 17.9 Å². The first kappa shape index (κ1) is 24.3. The average Bonchev–Trinajstić information content (AvgIpc) is 3.25. The fraction of sp³-hybridized carbons (Fsp3) is 0.320. The van der Waals surface area contributed by atoms with Gasteiger partial charge in [-0.2, -0.15) is 9.49 Å². The van der Waals surface area contributed by atoms with Gasteiger partial charge in [-0.3, -0.25) is 10.1 Å². The molecule has 10 heteroatoms. The van der Waals surface area contributed by atoms with E-state index in [0.29, 0.717) is 23.4 Å². The van der Waals surface area contributed by atoms with Crippen molar-refractivity contribution in [3.8, 4) is 17.6 Å². The van der Waals surface area contributed by atoms with Gasteiger partial charge < -0.3 is 19.8 Å².